The first-order valence-corrected chi connectivity index (χ1v) is 28.8. The van der Waals surface area contributed by atoms with Gasteiger partial charge < -0.3 is 28.8 Å². The number of aliphatic hydroxyl groups is 1. The summed E-state index contributed by atoms with van der Waals surface area (Å²) in [6, 6.07) is -0.793. The molecule has 3 unspecified atom stereocenters. The molecule has 0 saturated heterocycles. The van der Waals surface area contributed by atoms with Crippen molar-refractivity contribution in [3.05, 3.63) is 0 Å². The molecular formula is C53H109N2O6P. The van der Waals surface area contributed by atoms with Crippen molar-refractivity contribution < 1.29 is 32.9 Å². The summed E-state index contributed by atoms with van der Waals surface area (Å²) < 4.78 is 23.3. The summed E-state index contributed by atoms with van der Waals surface area (Å²) in [5.41, 5.74) is 0. The Labute approximate surface area is 387 Å². The van der Waals surface area contributed by atoms with E-state index in [9.17, 15) is 19.4 Å². The first-order chi connectivity index (χ1) is 30.0. The normalized spacial score (nSPS) is 14.0. The Balaban J connectivity index is 3.96. The van der Waals surface area contributed by atoms with Crippen LogP contribution in [0.5, 0.6) is 0 Å². The van der Waals surface area contributed by atoms with Crippen LogP contribution in [0.3, 0.4) is 0 Å². The number of phosphoric ester groups is 1. The monoisotopic (exact) mass is 901 g/mol. The molecule has 0 aromatic heterocycles. The summed E-state index contributed by atoms with van der Waals surface area (Å²) in [5, 5.41) is 13.9. The van der Waals surface area contributed by atoms with E-state index in [0.29, 0.717) is 23.9 Å². The van der Waals surface area contributed by atoms with Crippen LogP contribution in [0.25, 0.3) is 0 Å². The highest BCUT2D eigenvalue weighted by molar-refractivity contribution is 7.45. The molecule has 0 heterocycles. The predicted octanol–water partition coefficient (Wildman–Crippen LogP) is 15.5. The fourth-order valence-corrected chi connectivity index (χ4v) is 9.24. The Morgan fingerprint density at radius 3 is 1.10 bits per heavy atom. The molecule has 3 atom stereocenters. The number of unbranched alkanes of at least 4 members (excludes halogenated alkanes) is 38. The first kappa shape index (κ1) is 61.5. The average Bonchev–Trinajstić information content (AvgIpc) is 3.23. The summed E-state index contributed by atoms with van der Waals surface area (Å²) in [6.45, 7) is 4.75. The van der Waals surface area contributed by atoms with E-state index in [1.165, 1.54) is 218 Å². The third-order valence-corrected chi connectivity index (χ3v) is 13.8. The van der Waals surface area contributed by atoms with Gasteiger partial charge >= 0.3 is 0 Å². The molecule has 1 amide bonds. The highest BCUT2D eigenvalue weighted by atomic mass is 31.2. The molecule has 0 spiro atoms. The molecule has 0 saturated carbocycles. The lowest BCUT2D eigenvalue weighted by Crippen LogP contribution is -2.46. The van der Waals surface area contributed by atoms with E-state index < -0.39 is 20.0 Å². The number of phosphoric acid groups is 1. The molecule has 0 aromatic rings. The van der Waals surface area contributed by atoms with E-state index in [1.807, 2.05) is 21.1 Å². The van der Waals surface area contributed by atoms with Gasteiger partial charge in [-0.05, 0) is 12.8 Å². The minimum absolute atomic E-state index is 0.0161. The number of hydrogen-bond acceptors (Lipinski definition) is 6. The predicted molar refractivity (Wildman–Crippen MR) is 266 cm³/mol. The van der Waals surface area contributed by atoms with E-state index >= 15 is 0 Å². The lowest BCUT2D eigenvalue weighted by atomic mass is 10.0. The van der Waals surface area contributed by atoms with Gasteiger partial charge in [-0.3, -0.25) is 9.36 Å². The van der Waals surface area contributed by atoms with Crippen LogP contribution >= 0.6 is 7.82 Å². The van der Waals surface area contributed by atoms with Crippen molar-refractivity contribution >= 4 is 13.7 Å². The number of rotatable bonds is 51. The smallest absolute Gasteiger partial charge is 0.268 e. The molecule has 0 fully saturated rings. The Hall–Kier alpha value is -0.500. The topological polar surface area (TPSA) is 108 Å². The number of nitrogens with one attached hydrogen (secondary N) is 1. The van der Waals surface area contributed by atoms with Gasteiger partial charge in [0.2, 0.25) is 5.91 Å². The molecule has 2 N–H and O–H groups in total. The molecule has 0 aromatic carbocycles. The van der Waals surface area contributed by atoms with Crippen molar-refractivity contribution in [3.63, 3.8) is 0 Å². The lowest BCUT2D eigenvalue weighted by Gasteiger charge is -2.30. The fourth-order valence-electron chi connectivity index (χ4n) is 8.51. The molecule has 0 bridgehead atoms. The molecule has 0 aliphatic heterocycles. The minimum atomic E-state index is -4.56. The highest BCUT2D eigenvalue weighted by Gasteiger charge is 2.24. The fraction of sp³-hybridized carbons (Fsp3) is 0.981. The number of carbonyl (C=O) groups excluding carboxylic acids is 1. The molecule has 62 heavy (non-hydrogen) atoms. The summed E-state index contributed by atoms with van der Waals surface area (Å²) in [6.07, 6.45) is 52.9. The quantitative estimate of drug-likeness (QED) is 0.0358. The van der Waals surface area contributed by atoms with Gasteiger partial charge in [-0.25, -0.2) is 0 Å². The van der Waals surface area contributed by atoms with Crippen molar-refractivity contribution in [1.82, 2.24) is 5.32 Å². The van der Waals surface area contributed by atoms with Gasteiger partial charge in [0.1, 0.15) is 13.2 Å². The Kier molecular flexibility index (Phi) is 45.3. The SMILES string of the molecule is CCCCCCCCCCCCCCCCCCCCCCCCCCCCCCCC(=O)NC(COP(=O)([O-])OCC[N+](C)(C)C)C(O)CCCCCCCCCCCCC. The van der Waals surface area contributed by atoms with Crippen LogP contribution in [-0.4, -0.2) is 68.5 Å². The number of aliphatic hydroxyl groups excluding tert-OH is 1. The Morgan fingerprint density at radius 1 is 0.500 bits per heavy atom. The van der Waals surface area contributed by atoms with Gasteiger partial charge in [-0.15, -0.1) is 0 Å². The zero-order valence-electron chi connectivity index (χ0n) is 42.4. The zero-order chi connectivity index (χ0) is 45.7. The maximum Gasteiger partial charge on any atom is 0.268 e. The van der Waals surface area contributed by atoms with Gasteiger partial charge in [-0.2, -0.15) is 0 Å². The van der Waals surface area contributed by atoms with Crippen LogP contribution in [-0.2, 0) is 18.4 Å². The molecule has 0 rings (SSSR count). The van der Waals surface area contributed by atoms with E-state index in [0.717, 1.165) is 38.5 Å². The zero-order valence-corrected chi connectivity index (χ0v) is 43.3. The molecule has 8 nitrogen and oxygen atoms in total. The molecule has 9 heteroatoms. The standard InChI is InChI=1S/C53H109N2O6P/c1-6-8-10-12-14-16-18-19-20-21-22-23-24-25-26-27-28-29-30-31-32-33-34-35-37-39-41-43-45-47-53(57)54-51(50-61-62(58,59)60-49-48-55(3,4)5)52(56)46-44-42-40-38-36-17-15-13-11-9-7-2/h51-52,56H,6-50H2,1-5H3,(H-,54,57,58,59). The van der Waals surface area contributed by atoms with Gasteiger partial charge in [0.25, 0.3) is 7.82 Å². The maximum atomic E-state index is 12.9. The lowest BCUT2D eigenvalue weighted by molar-refractivity contribution is -0.870. The summed E-state index contributed by atoms with van der Waals surface area (Å²) in [5.74, 6) is -0.159. The van der Waals surface area contributed by atoms with Crippen LogP contribution in [0.1, 0.15) is 284 Å². The van der Waals surface area contributed by atoms with Crippen LogP contribution in [0.2, 0.25) is 0 Å². The Morgan fingerprint density at radius 2 is 0.790 bits per heavy atom. The average molecular weight is 901 g/mol. The molecule has 0 aliphatic rings. The molecule has 372 valence electrons. The van der Waals surface area contributed by atoms with Crippen molar-refractivity contribution in [2.24, 2.45) is 0 Å². The van der Waals surface area contributed by atoms with Crippen molar-refractivity contribution in [2.75, 3.05) is 40.9 Å². The number of amides is 1. The number of hydrogen-bond donors (Lipinski definition) is 2. The largest absolute Gasteiger partial charge is 0.756 e. The van der Waals surface area contributed by atoms with Gasteiger partial charge in [-0.1, -0.05) is 264 Å². The first-order valence-electron chi connectivity index (χ1n) is 27.4. The number of nitrogens with zero attached hydrogens (tertiary/aromatic N) is 1. The van der Waals surface area contributed by atoms with Crippen molar-refractivity contribution in [1.29, 1.82) is 0 Å². The van der Waals surface area contributed by atoms with Crippen LogP contribution in [0, 0.1) is 0 Å². The number of likely N-dealkylation sites (N-methyl/N-ethyl adjacent to an activating group) is 1. The van der Waals surface area contributed by atoms with Gasteiger partial charge in [0, 0.05) is 6.42 Å². The maximum absolute atomic E-state index is 12.9. The van der Waals surface area contributed by atoms with E-state index in [4.69, 9.17) is 9.05 Å². The van der Waals surface area contributed by atoms with Crippen LogP contribution in [0.4, 0.5) is 0 Å². The minimum Gasteiger partial charge on any atom is -0.756 e. The van der Waals surface area contributed by atoms with Gasteiger partial charge in [0.15, 0.2) is 0 Å². The van der Waals surface area contributed by atoms with Crippen LogP contribution < -0.4 is 10.2 Å². The second-order valence-corrected chi connectivity index (χ2v) is 21.7. The van der Waals surface area contributed by atoms with E-state index in [1.54, 1.807) is 0 Å². The Bertz CT molecular complexity index is 978. The summed E-state index contributed by atoms with van der Waals surface area (Å²) in [4.78, 5) is 25.4. The molecule has 0 aliphatic carbocycles. The van der Waals surface area contributed by atoms with E-state index in [-0.39, 0.29) is 19.1 Å². The third-order valence-electron chi connectivity index (χ3n) is 12.8. The number of carbonyl (C=O) groups is 1. The number of quaternary nitrogens is 1. The van der Waals surface area contributed by atoms with Crippen molar-refractivity contribution in [2.45, 2.75) is 296 Å². The van der Waals surface area contributed by atoms with Gasteiger partial charge in [0.05, 0.1) is 39.9 Å². The summed E-state index contributed by atoms with van der Waals surface area (Å²) >= 11 is 0. The second-order valence-electron chi connectivity index (χ2n) is 20.3. The highest BCUT2D eigenvalue weighted by Crippen LogP contribution is 2.38. The summed E-state index contributed by atoms with van der Waals surface area (Å²) in [7, 11) is 1.32. The van der Waals surface area contributed by atoms with E-state index in [2.05, 4.69) is 19.2 Å². The second kappa shape index (κ2) is 45.6. The van der Waals surface area contributed by atoms with Crippen LogP contribution in [0.15, 0.2) is 0 Å². The van der Waals surface area contributed by atoms with Crippen molar-refractivity contribution in [3.8, 4) is 0 Å². The molecular weight excluding hydrogens is 792 g/mol. The molecule has 0 radical (unpaired) electrons. The third kappa shape index (κ3) is 47.5.